The first kappa shape index (κ1) is 26.9. The number of thioether (sulfide) groups is 1. The Kier molecular flexibility index (Phi) is 7.73. The zero-order chi connectivity index (χ0) is 26.9. The Hall–Kier alpha value is -3.20. The highest BCUT2D eigenvalue weighted by atomic mass is 32.2. The number of rotatable bonds is 6. The Morgan fingerprint density at radius 1 is 1.16 bits per heavy atom. The van der Waals surface area contributed by atoms with Crippen molar-refractivity contribution >= 4 is 29.4 Å². The van der Waals surface area contributed by atoms with Gasteiger partial charge in [0.2, 0.25) is 11.8 Å². The van der Waals surface area contributed by atoms with Gasteiger partial charge in [-0.1, -0.05) is 45.9 Å². The molecule has 0 aliphatic carbocycles. The molecule has 0 saturated heterocycles. The lowest BCUT2D eigenvalue weighted by Gasteiger charge is -2.25. The van der Waals surface area contributed by atoms with Crippen LogP contribution in [0.25, 0.3) is 5.69 Å². The van der Waals surface area contributed by atoms with Crippen LogP contribution in [-0.4, -0.2) is 39.9 Å². The summed E-state index contributed by atoms with van der Waals surface area (Å²) in [6.07, 6.45) is 0.748. The van der Waals surface area contributed by atoms with Crippen molar-refractivity contribution in [1.82, 2.24) is 15.1 Å². The highest BCUT2D eigenvalue weighted by Gasteiger charge is 2.40. The van der Waals surface area contributed by atoms with Gasteiger partial charge in [0.25, 0.3) is 0 Å². The summed E-state index contributed by atoms with van der Waals surface area (Å²) >= 11 is 1.32. The van der Waals surface area contributed by atoms with Crippen molar-refractivity contribution in [3.63, 3.8) is 0 Å². The molecule has 2 amide bonds. The van der Waals surface area contributed by atoms with Crippen LogP contribution >= 0.6 is 11.8 Å². The second-order valence-electron chi connectivity index (χ2n) is 10.3. The minimum absolute atomic E-state index is 0.0529. The normalized spacial score (nSPS) is 16.8. The third-order valence-electron chi connectivity index (χ3n) is 6.38. The molecule has 1 aliphatic rings. The molecule has 2 aromatic carbocycles. The standard InChI is InChI=1S/C28H32F2N4O2S/c1-6-17(2)31-22(35)15-33-23(36)16-37-25(20-9-7-8-10-21(20)30)24-26(28(3,4)5)32-34(27(24)33)19-13-11-18(29)12-14-19/h7-14,17,25H,6,15-16H2,1-5H3,(H,31,35)/t17-,25-/m0/s1. The summed E-state index contributed by atoms with van der Waals surface area (Å²) < 4.78 is 30.5. The fourth-order valence-corrected chi connectivity index (χ4v) is 5.55. The van der Waals surface area contributed by atoms with E-state index >= 15 is 4.39 Å². The number of hydrogen-bond donors (Lipinski definition) is 1. The molecule has 1 N–H and O–H groups in total. The van der Waals surface area contributed by atoms with E-state index in [-0.39, 0.29) is 36.0 Å². The summed E-state index contributed by atoms with van der Waals surface area (Å²) in [6, 6.07) is 12.3. The van der Waals surface area contributed by atoms with E-state index in [1.54, 1.807) is 35.0 Å². The van der Waals surface area contributed by atoms with Crippen LogP contribution in [0.2, 0.25) is 0 Å². The molecule has 1 aliphatic heterocycles. The van der Waals surface area contributed by atoms with Gasteiger partial charge in [-0.05, 0) is 43.7 Å². The van der Waals surface area contributed by atoms with Crippen molar-refractivity contribution in [2.24, 2.45) is 0 Å². The first-order valence-electron chi connectivity index (χ1n) is 12.4. The fraction of sp³-hybridized carbons (Fsp3) is 0.393. The summed E-state index contributed by atoms with van der Waals surface area (Å²) in [5.74, 6) is -0.911. The number of halogens is 2. The Morgan fingerprint density at radius 3 is 2.46 bits per heavy atom. The van der Waals surface area contributed by atoms with E-state index in [9.17, 15) is 14.0 Å². The molecule has 2 heterocycles. The molecular weight excluding hydrogens is 494 g/mol. The maximum atomic E-state index is 15.1. The van der Waals surface area contributed by atoms with Crippen molar-refractivity contribution in [1.29, 1.82) is 0 Å². The summed E-state index contributed by atoms with van der Waals surface area (Å²) in [5, 5.41) is 7.30. The van der Waals surface area contributed by atoms with Gasteiger partial charge in [-0.2, -0.15) is 5.10 Å². The highest BCUT2D eigenvalue weighted by molar-refractivity contribution is 8.00. The van der Waals surface area contributed by atoms with Gasteiger partial charge in [-0.15, -0.1) is 11.8 Å². The van der Waals surface area contributed by atoms with Crippen molar-refractivity contribution in [3.05, 3.63) is 77.0 Å². The summed E-state index contributed by atoms with van der Waals surface area (Å²) in [7, 11) is 0. The van der Waals surface area contributed by atoms with Crippen LogP contribution in [0.1, 0.15) is 63.1 Å². The third-order valence-corrected chi connectivity index (χ3v) is 7.62. The second kappa shape index (κ2) is 10.7. The number of aromatic nitrogens is 2. The molecule has 0 unspecified atom stereocenters. The Morgan fingerprint density at radius 2 is 1.84 bits per heavy atom. The topological polar surface area (TPSA) is 67.2 Å². The quantitative estimate of drug-likeness (QED) is 0.459. The van der Waals surface area contributed by atoms with E-state index in [2.05, 4.69) is 5.32 Å². The first-order chi connectivity index (χ1) is 17.5. The molecule has 0 fully saturated rings. The van der Waals surface area contributed by atoms with Crippen LogP contribution in [0.15, 0.2) is 48.5 Å². The third kappa shape index (κ3) is 5.56. The van der Waals surface area contributed by atoms with Gasteiger partial charge >= 0.3 is 0 Å². The highest BCUT2D eigenvalue weighted by Crippen LogP contribution is 2.48. The number of anilines is 1. The summed E-state index contributed by atoms with van der Waals surface area (Å²) in [5.41, 5.74) is 1.85. The predicted molar refractivity (Wildman–Crippen MR) is 143 cm³/mol. The van der Waals surface area contributed by atoms with Crippen molar-refractivity contribution in [2.45, 2.75) is 57.7 Å². The number of benzene rings is 2. The molecule has 6 nitrogen and oxygen atoms in total. The van der Waals surface area contributed by atoms with Crippen molar-refractivity contribution in [3.8, 4) is 5.69 Å². The van der Waals surface area contributed by atoms with Crippen LogP contribution in [0.4, 0.5) is 14.6 Å². The molecule has 0 spiro atoms. The van der Waals surface area contributed by atoms with Crippen LogP contribution in [0.3, 0.4) is 0 Å². The van der Waals surface area contributed by atoms with Gasteiger partial charge in [0, 0.05) is 22.6 Å². The molecule has 2 atom stereocenters. The zero-order valence-corrected chi connectivity index (χ0v) is 22.5. The molecular formula is C28H32F2N4O2S. The van der Waals surface area contributed by atoms with Gasteiger partial charge in [0.05, 0.1) is 22.4 Å². The number of fused-ring (bicyclic) bond motifs is 1. The predicted octanol–water partition coefficient (Wildman–Crippen LogP) is 5.53. The van der Waals surface area contributed by atoms with E-state index in [1.807, 2.05) is 34.6 Å². The van der Waals surface area contributed by atoms with E-state index in [1.165, 1.54) is 34.9 Å². The van der Waals surface area contributed by atoms with Gasteiger partial charge < -0.3 is 5.32 Å². The lowest BCUT2D eigenvalue weighted by molar-refractivity contribution is -0.123. The van der Waals surface area contributed by atoms with Gasteiger partial charge in [0.15, 0.2) is 0 Å². The Bertz CT molecular complexity index is 1300. The first-order valence-corrected chi connectivity index (χ1v) is 13.4. The van der Waals surface area contributed by atoms with Crippen LogP contribution in [0.5, 0.6) is 0 Å². The van der Waals surface area contributed by atoms with Gasteiger partial charge in [-0.25, -0.2) is 13.5 Å². The molecule has 0 bridgehead atoms. The maximum absolute atomic E-state index is 15.1. The smallest absolute Gasteiger partial charge is 0.240 e. The minimum Gasteiger partial charge on any atom is -0.352 e. The van der Waals surface area contributed by atoms with E-state index in [0.29, 0.717) is 28.3 Å². The lowest BCUT2D eigenvalue weighted by Crippen LogP contribution is -2.44. The number of amides is 2. The molecule has 37 heavy (non-hydrogen) atoms. The minimum atomic E-state index is -0.536. The number of hydrogen-bond acceptors (Lipinski definition) is 4. The summed E-state index contributed by atoms with van der Waals surface area (Å²) in [4.78, 5) is 28.0. The van der Waals surface area contributed by atoms with Crippen LogP contribution < -0.4 is 10.2 Å². The van der Waals surface area contributed by atoms with Gasteiger partial charge in [0.1, 0.15) is 24.0 Å². The number of nitrogens with zero attached hydrogens (tertiary/aromatic N) is 3. The molecule has 3 aromatic rings. The average molecular weight is 527 g/mol. The summed E-state index contributed by atoms with van der Waals surface area (Å²) in [6.45, 7) is 9.66. The van der Waals surface area contributed by atoms with E-state index in [0.717, 1.165) is 6.42 Å². The SMILES string of the molecule is CC[C@H](C)NC(=O)CN1C(=O)CS[C@@H](c2ccccc2F)c2c(C(C)(C)C)nn(-c3ccc(F)cc3)c21. The maximum Gasteiger partial charge on any atom is 0.240 e. The monoisotopic (exact) mass is 526 g/mol. The number of carbonyl (C=O) groups excluding carboxylic acids is 2. The number of carbonyl (C=O) groups is 2. The molecule has 9 heteroatoms. The fourth-order valence-electron chi connectivity index (χ4n) is 4.33. The largest absolute Gasteiger partial charge is 0.352 e. The average Bonchev–Trinajstić information content (AvgIpc) is 3.18. The van der Waals surface area contributed by atoms with Crippen molar-refractivity contribution < 1.29 is 18.4 Å². The Balaban J connectivity index is 1.99. The van der Waals surface area contributed by atoms with Gasteiger partial charge in [-0.3, -0.25) is 14.5 Å². The lowest BCUT2D eigenvalue weighted by atomic mass is 9.87. The number of nitrogens with one attached hydrogen (secondary N) is 1. The van der Waals surface area contributed by atoms with Crippen LogP contribution in [0, 0.1) is 11.6 Å². The molecule has 4 rings (SSSR count). The van der Waals surface area contributed by atoms with Crippen molar-refractivity contribution in [2.75, 3.05) is 17.2 Å². The molecule has 196 valence electrons. The molecule has 0 radical (unpaired) electrons. The zero-order valence-electron chi connectivity index (χ0n) is 21.7. The van der Waals surface area contributed by atoms with Crippen LogP contribution in [-0.2, 0) is 15.0 Å². The molecule has 0 saturated carbocycles. The Labute approximate surface area is 220 Å². The van der Waals surface area contributed by atoms with E-state index < -0.39 is 16.5 Å². The second-order valence-corrected chi connectivity index (χ2v) is 11.4. The molecule has 1 aromatic heterocycles. The van der Waals surface area contributed by atoms with E-state index in [4.69, 9.17) is 5.10 Å².